The molecule has 2 heteroatoms. The molecule has 0 saturated heterocycles. The van der Waals surface area contributed by atoms with Gasteiger partial charge in [-0.3, -0.25) is 0 Å². The Morgan fingerprint density at radius 2 is 1.77 bits per heavy atom. The lowest BCUT2D eigenvalue weighted by Crippen LogP contribution is -2.41. The quantitative estimate of drug-likeness (QED) is 0.661. The Labute approximate surface area is 81.5 Å². The number of aliphatic hydroxyl groups excluding tert-OH is 1. The van der Waals surface area contributed by atoms with E-state index in [0.717, 1.165) is 19.3 Å². The van der Waals surface area contributed by atoms with Crippen LogP contribution in [0.25, 0.3) is 0 Å². The SMILES string of the molecule is CCC(O)C1(CN)CCCCCC1. The third-order valence-corrected chi connectivity index (χ3v) is 3.60. The average molecular weight is 185 g/mol. The third kappa shape index (κ3) is 2.44. The second kappa shape index (κ2) is 4.97. The molecule has 1 rings (SSSR count). The van der Waals surface area contributed by atoms with E-state index in [0.29, 0.717) is 6.54 Å². The van der Waals surface area contributed by atoms with Crippen LogP contribution in [0.1, 0.15) is 51.9 Å². The van der Waals surface area contributed by atoms with Gasteiger partial charge in [0.25, 0.3) is 0 Å². The van der Waals surface area contributed by atoms with Crippen LogP contribution in [-0.2, 0) is 0 Å². The molecule has 1 unspecified atom stereocenters. The van der Waals surface area contributed by atoms with Crippen molar-refractivity contribution in [3.05, 3.63) is 0 Å². The van der Waals surface area contributed by atoms with E-state index in [-0.39, 0.29) is 11.5 Å². The molecule has 0 amide bonds. The summed E-state index contributed by atoms with van der Waals surface area (Å²) in [6.07, 6.45) is 8.03. The van der Waals surface area contributed by atoms with E-state index < -0.39 is 0 Å². The normalized spacial score (nSPS) is 25.2. The minimum Gasteiger partial charge on any atom is -0.393 e. The van der Waals surface area contributed by atoms with Crippen LogP contribution in [0.2, 0.25) is 0 Å². The highest BCUT2D eigenvalue weighted by Crippen LogP contribution is 2.38. The first kappa shape index (κ1) is 11.0. The Bertz CT molecular complexity index is 139. The van der Waals surface area contributed by atoms with Crippen LogP contribution in [0.5, 0.6) is 0 Å². The molecule has 1 saturated carbocycles. The number of hydrogen-bond acceptors (Lipinski definition) is 2. The Hall–Kier alpha value is -0.0800. The summed E-state index contributed by atoms with van der Waals surface area (Å²) in [6.45, 7) is 2.70. The molecule has 0 aromatic rings. The largest absolute Gasteiger partial charge is 0.393 e. The Morgan fingerprint density at radius 1 is 1.23 bits per heavy atom. The second-order valence-electron chi connectivity index (χ2n) is 4.40. The van der Waals surface area contributed by atoms with E-state index in [1.54, 1.807) is 0 Å². The van der Waals surface area contributed by atoms with Gasteiger partial charge in [-0.2, -0.15) is 0 Å². The summed E-state index contributed by atoms with van der Waals surface area (Å²) in [7, 11) is 0. The van der Waals surface area contributed by atoms with Crippen LogP contribution >= 0.6 is 0 Å². The highest BCUT2D eigenvalue weighted by atomic mass is 16.3. The molecular weight excluding hydrogens is 162 g/mol. The lowest BCUT2D eigenvalue weighted by Gasteiger charge is -2.36. The maximum absolute atomic E-state index is 9.98. The van der Waals surface area contributed by atoms with E-state index in [1.807, 2.05) is 6.92 Å². The first-order chi connectivity index (χ1) is 6.25. The third-order valence-electron chi connectivity index (χ3n) is 3.60. The number of hydrogen-bond donors (Lipinski definition) is 2. The number of aliphatic hydroxyl groups is 1. The Morgan fingerprint density at radius 3 is 2.15 bits per heavy atom. The van der Waals surface area contributed by atoms with Gasteiger partial charge in [0.2, 0.25) is 0 Å². The number of nitrogens with two attached hydrogens (primary N) is 1. The smallest absolute Gasteiger partial charge is 0.0605 e. The van der Waals surface area contributed by atoms with Gasteiger partial charge in [-0.1, -0.05) is 32.6 Å². The molecule has 0 bridgehead atoms. The second-order valence-corrected chi connectivity index (χ2v) is 4.40. The fourth-order valence-corrected chi connectivity index (χ4v) is 2.54. The van der Waals surface area contributed by atoms with Gasteiger partial charge in [-0.25, -0.2) is 0 Å². The Kier molecular flexibility index (Phi) is 4.20. The van der Waals surface area contributed by atoms with Gasteiger partial charge in [0, 0.05) is 12.0 Å². The van der Waals surface area contributed by atoms with Crippen molar-refractivity contribution >= 4 is 0 Å². The predicted octanol–water partition coefficient (Wildman–Crippen LogP) is 2.06. The molecule has 0 heterocycles. The van der Waals surface area contributed by atoms with Crippen LogP contribution in [-0.4, -0.2) is 17.8 Å². The van der Waals surface area contributed by atoms with E-state index in [9.17, 15) is 5.11 Å². The minimum atomic E-state index is -0.185. The van der Waals surface area contributed by atoms with Crippen molar-refractivity contribution in [2.45, 2.75) is 58.0 Å². The molecule has 0 spiro atoms. The lowest BCUT2D eigenvalue weighted by molar-refractivity contribution is 0.0158. The molecular formula is C11H23NO. The van der Waals surface area contributed by atoms with Crippen molar-refractivity contribution in [3.63, 3.8) is 0 Å². The topological polar surface area (TPSA) is 46.2 Å². The van der Waals surface area contributed by atoms with Gasteiger partial charge in [0.15, 0.2) is 0 Å². The summed E-state index contributed by atoms with van der Waals surface area (Å²) >= 11 is 0. The van der Waals surface area contributed by atoms with Crippen molar-refractivity contribution in [3.8, 4) is 0 Å². The molecule has 0 radical (unpaired) electrons. The van der Waals surface area contributed by atoms with E-state index in [2.05, 4.69) is 0 Å². The molecule has 0 aromatic carbocycles. The Balaban J connectivity index is 2.64. The van der Waals surface area contributed by atoms with E-state index in [4.69, 9.17) is 5.73 Å². The maximum Gasteiger partial charge on any atom is 0.0605 e. The highest BCUT2D eigenvalue weighted by Gasteiger charge is 2.35. The van der Waals surface area contributed by atoms with Gasteiger partial charge < -0.3 is 10.8 Å². The molecule has 78 valence electrons. The number of rotatable bonds is 3. The van der Waals surface area contributed by atoms with Crippen LogP contribution < -0.4 is 5.73 Å². The van der Waals surface area contributed by atoms with Crippen LogP contribution in [0.3, 0.4) is 0 Å². The summed E-state index contributed by atoms with van der Waals surface area (Å²) in [4.78, 5) is 0. The molecule has 0 aromatic heterocycles. The summed E-state index contributed by atoms with van der Waals surface area (Å²) < 4.78 is 0. The molecule has 2 nitrogen and oxygen atoms in total. The zero-order chi connectivity index (χ0) is 9.73. The molecule has 0 aliphatic heterocycles. The highest BCUT2D eigenvalue weighted by molar-refractivity contribution is 4.88. The predicted molar refractivity (Wildman–Crippen MR) is 55.5 cm³/mol. The van der Waals surface area contributed by atoms with Gasteiger partial charge in [-0.15, -0.1) is 0 Å². The fourth-order valence-electron chi connectivity index (χ4n) is 2.54. The molecule has 13 heavy (non-hydrogen) atoms. The minimum absolute atomic E-state index is 0.0469. The van der Waals surface area contributed by atoms with Crippen LogP contribution in [0.15, 0.2) is 0 Å². The zero-order valence-electron chi connectivity index (χ0n) is 8.76. The summed E-state index contributed by atoms with van der Waals surface area (Å²) in [5, 5.41) is 9.98. The lowest BCUT2D eigenvalue weighted by atomic mass is 9.74. The van der Waals surface area contributed by atoms with Gasteiger partial charge in [0.1, 0.15) is 0 Å². The summed E-state index contributed by atoms with van der Waals surface area (Å²) in [5.41, 5.74) is 5.87. The summed E-state index contributed by atoms with van der Waals surface area (Å²) in [6, 6.07) is 0. The first-order valence-corrected chi connectivity index (χ1v) is 5.63. The molecule has 1 aliphatic carbocycles. The van der Waals surface area contributed by atoms with Gasteiger partial charge in [-0.05, 0) is 19.3 Å². The molecule has 1 fully saturated rings. The zero-order valence-corrected chi connectivity index (χ0v) is 8.76. The van der Waals surface area contributed by atoms with Gasteiger partial charge >= 0.3 is 0 Å². The standard InChI is InChI=1S/C11H23NO/c1-2-10(13)11(9-12)7-5-3-4-6-8-11/h10,13H,2-9,12H2,1H3. The summed E-state index contributed by atoms with van der Waals surface area (Å²) in [5.74, 6) is 0. The maximum atomic E-state index is 9.98. The van der Waals surface area contributed by atoms with Crippen LogP contribution in [0.4, 0.5) is 0 Å². The van der Waals surface area contributed by atoms with Crippen molar-refractivity contribution in [1.82, 2.24) is 0 Å². The van der Waals surface area contributed by atoms with E-state index >= 15 is 0 Å². The monoisotopic (exact) mass is 185 g/mol. The fraction of sp³-hybridized carbons (Fsp3) is 1.00. The molecule has 3 N–H and O–H groups in total. The molecule has 1 aliphatic rings. The van der Waals surface area contributed by atoms with Crippen molar-refractivity contribution in [1.29, 1.82) is 0 Å². The average Bonchev–Trinajstić information content (AvgIpc) is 2.42. The van der Waals surface area contributed by atoms with E-state index in [1.165, 1.54) is 25.7 Å². The molecule has 1 atom stereocenters. The van der Waals surface area contributed by atoms with Crippen molar-refractivity contribution in [2.75, 3.05) is 6.54 Å². The van der Waals surface area contributed by atoms with Crippen molar-refractivity contribution in [2.24, 2.45) is 11.1 Å². The van der Waals surface area contributed by atoms with Crippen LogP contribution in [0, 0.1) is 5.41 Å². The first-order valence-electron chi connectivity index (χ1n) is 5.63. The van der Waals surface area contributed by atoms with Crippen molar-refractivity contribution < 1.29 is 5.11 Å². The van der Waals surface area contributed by atoms with Gasteiger partial charge in [0.05, 0.1) is 6.10 Å².